The molecular weight excluding hydrogens is 430 g/mol. The highest BCUT2D eigenvalue weighted by atomic mass is 32.2. The summed E-state index contributed by atoms with van der Waals surface area (Å²) in [5, 5.41) is 2.60. The first-order chi connectivity index (χ1) is 15.4. The van der Waals surface area contributed by atoms with Crippen LogP contribution >= 0.6 is 0 Å². The molecule has 0 unspecified atom stereocenters. The van der Waals surface area contributed by atoms with Gasteiger partial charge in [-0.15, -0.1) is 0 Å². The molecule has 2 N–H and O–H groups in total. The Morgan fingerprint density at radius 2 is 1.78 bits per heavy atom. The van der Waals surface area contributed by atoms with Crippen molar-refractivity contribution >= 4 is 27.5 Å². The predicted molar refractivity (Wildman–Crippen MR) is 120 cm³/mol. The molecule has 2 aromatic carbocycles. The molecule has 2 amide bonds. The second-order valence-corrected chi connectivity index (χ2v) is 8.52. The summed E-state index contributed by atoms with van der Waals surface area (Å²) in [6.07, 6.45) is 2.26. The van der Waals surface area contributed by atoms with Gasteiger partial charge in [0.25, 0.3) is 15.9 Å². The van der Waals surface area contributed by atoms with Crippen LogP contribution in [-0.4, -0.2) is 25.2 Å². The number of nitrogens with zero attached hydrogens (tertiary/aromatic N) is 1. The van der Waals surface area contributed by atoms with Crippen molar-refractivity contribution in [2.24, 2.45) is 0 Å². The molecule has 3 aromatic rings. The van der Waals surface area contributed by atoms with Gasteiger partial charge in [-0.2, -0.15) is 0 Å². The monoisotopic (exact) mass is 453 g/mol. The summed E-state index contributed by atoms with van der Waals surface area (Å²) in [6.45, 7) is 2.01. The smallest absolute Gasteiger partial charge is 0.266 e. The highest BCUT2D eigenvalue weighted by molar-refractivity contribution is 7.90. The fraction of sp³-hybridized carbons (Fsp3) is 0.174. The number of hydrogen-bond acceptors (Lipinski definition) is 6. The number of para-hydroxylation sites is 1. The second-order valence-electron chi connectivity index (χ2n) is 6.87. The molecule has 166 valence electrons. The van der Waals surface area contributed by atoms with Crippen LogP contribution in [0.3, 0.4) is 0 Å². The molecule has 32 heavy (non-hydrogen) atoms. The summed E-state index contributed by atoms with van der Waals surface area (Å²) in [6, 6.07) is 17.9. The summed E-state index contributed by atoms with van der Waals surface area (Å²) < 4.78 is 33.0. The molecule has 0 fully saturated rings. The van der Waals surface area contributed by atoms with E-state index in [1.165, 1.54) is 18.2 Å². The van der Waals surface area contributed by atoms with E-state index in [-0.39, 0.29) is 29.2 Å². The van der Waals surface area contributed by atoms with Gasteiger partial charge in [-0.1, -0.05) is 31.2 Å². The maximum Gasteiger partial charge on any atom is 0.266 e. The molecule has 0 atom stereocenters. The van der Waals surface area contributed by atoms with Crippen LogP contribution in [0.15, 0.2) is 77.8 Å². The number of hydrogen-bond donors (Lipinski definition) is 2. The third-order valence-corrected chi connectivity index (χ3v) is 5.79. The highest BCUT2D eigenvalue weighted by Crippen LogP contribution is 2.22. The molecule has 0 spiro atoms. The zero-order valence-corrected chi connectivity index (χ0v) is 18.3. The Kier molecular flexibility index (Phi) is 7.56. The van der Waals surface area contributed by atoms with E-state index < -0.39 is 21.8 Å². The normalized spacial score (nSPS) is 10.9. The Hall–Kier alpha value is -3.72. The third kappa shape index (κ3) is 6.14. The van der Waals surface area contributed by atoms with Crippen molar-refractivity contribution in [3.8, 4) is 5.75 Å². The average Bonchev–Trinajstić information content (AvgIpc) is 2.78. The van der Waals surface area contributed by atoms with E-state index in [4.69, 9.17) is 4.74 Å². The fourth-order valence-electron chi connectivity index (χ4n) is 2.85. The molecule has 0 saturated carbocycles. The van der Waals surface area contributed by atoms with E-state index in [9.17, 15) is 18.0 Å². The van der Waals surface area contributed by atoms with Crippen LogP contribution in [0.2, 0.25) is 0 Å². The predicted octanol–water partition coefficient (Wildman–Crippen LogP) is 3.52. The van der Waals surface area contributed by atoms with Crippen molar-refractivity contribution in [3.63, 3.8) is 0 Å². The van der Waals surface area contributed by atoms with Crippen LogP contribution < -0.4 is 14.8 Å². The summed E-state index contributed by atoms with van der Waals surface area (Å²) in [7, 11) is -4.13. The van der Waals surface area contributed by atoms with Gasteiger partial charge in [0.1, 0.15) is 17.3 Å². The van der Waals surface area contributed by atoms with Gasteiger partial charge in [-0.3, -0.25) is 14.6 Å². The summed E-state index contributed by atoms with van der Waals surface area (Å²) >= 11 is 0. The SMILES string of the molecule is CCCC(=O)NS(=O)(=O)c1ccccc1NC(=O)c1cccc(OCc2ccccn2)c1. The number of pyridine rings is 1. The quantitative estimate of drug-likeness (QED) is 0.512. The van der Waals surface area contributed by atoms with Crippen LogP contribution in [0.25, 0.3) is 0 Å². The Balaban J connectivity index is 1.74. The lowest BCUT2D eigenvalue weighted by molar-refractivity contribution is -0.119. The number of rotatable bonds is 9. The zero-order chi connectivity index (χ0) is 23.0. The molecule has 0 radical (unpaired) electrons. The minimum Gasteiger partial charge on any atom is -0.487 e. The topological polar surface area (TPSA) is 114 Å². The summed E-state index contributed by atoms with van der Waals surface area (Å²) in [4.78, 5) is 28.6. The first-order valence-electron chi connectivity index (χ1n) is 9.98. The minimum absolute atomic E-state index is 0.0640. The lowest BCUT2D eigenvalue weighted by Crippen LogP contribution is -2.31. The number of carbonyl (C=O) groups excluding carboxylic acids is 2. The van der Waals surface area contributed by atoms with Gasteiger partial charge in [0, 0.05) is 18.2 Å². The van der Waals surface area contributed by atoms with Crippen molar-refractivity contribution in [1.82, 2.24) is 9.71 Å². The first kappa shape index (κ1) is 23.0. The van der Waals surface area contributed by atoms with Gasteiger partial charge in [0.05, 0.1) is 11.4 Å². The Morgan fingerprint density at radius 1 is 1.00 bits per heavy atom. The molecule has 0 bridgehead atoms. The highest BCUT2D eigenvalue weighted by Gasteiger charge is 2.22. The number of benzene rings is 2. The number of aromatic nitrogens is 1. The van der Waals surface area contributed by atoms with Crippen molar-refractivity contribution < 1.29 is 22.7 Å². The Morgan fingerprint density at radius 3 is 2.53 bits per heavy atom. The number of nitrogens with one attached hydrogen (secondary N) is 2. The van der Waals surface area contributed by atoms with Crippen molar-refractivity contribution in [2.75, 3.05) is 5.32 Å². The molecular formula is C23H23N3O5S. The number of ether oxygens (including phenoxy) is 1. The molecule has 1 heterocycles. The van der Waals surface area contributed by atoms with Gasteiger partial charge in [-0.05, 0) is 48.9 Å². The van der Waals surface area contributed by atoms with Crippen LogP contribution in [0, 0.1) is 0 Å². The lowest BCUT2D eigenvalue weighted by atomic mass is 10.2. The number of amides is 2. The van der Waals surface area contributed by atoms with E-state index in [0.29, 0.717) is 12.2 Å². The van der Waals surface area contributed by atoms with E-state index in [2.05, 4.69) is 10.3 Å². The number of sulfonamides is 1. The molecule has 8 nitrogen and oxygen atoms in total. The van der Waals surface area contributed by atoms with Crippen molar-refractivity contribution in [3.05, 3.63) is 84.2 Å². The van der Waals surface area contributed by atoms with Crippen LogP contribution in [-0.2, 0) is 21.4 Å². The zero-order valence-electron chi connectivity index (χ0n) is 17.4. The van der Waals surface area contributed by atoms with Crippen LogP contribution in [0.5, 0.6) is 5.75 Å². The van der Waals surface area contributed by atoms with Gasteiger partial charge >= 0.3 is 0 Å². The molecule has 0 aliphatic rings. The van der Waals surface area contributed by atoms with Gasteiger partial charge in [0.15, 0.2) is 0 Å². The third-order valence-electron chi connectivity index (χ3n) is 4.36. The summed E-state index contributed by atoms with van der Waals surface area (Å²) in [5.41, 5.74) is 1.09. The number of anilines is 1. The average molecular weight is 454 g/mol. The maximum atomic E-state index is 12.8. The molecule has 9 heteroatoms. The van der Waals surface area contributed by atoms with Gasteiger partial charge in [-0.25, -0.2) is 13.1 Å². The minimum atomic E-state index is -4.13. The van der Waals surface area contributed by atoms with Gasteiger partial charge < -0.3 is 10.1 Å². The van der Waals surface area contributed by atoms with E-state index in [0.717, 1.165) is 5.69 Å². The van der Waals surface area contributed by atoms with E-state index in [1.807, 2.05) is 22.9 Å². The first-order valence-corrected chi connectivity index (χ1v) is 11.5. The molecule has 0 aliphatic heterocycles. The van der Waals surface area contributed by atoms with Crippen LogP contribution in [0.1, 0.15) is 35.8 Å². The molecule has 0 saturated heterocycles. The Bertz CT molecular complexity index is 1200. The maximum absolute atomic E-state index is 12.8. The fourth-order valence-corrected chi connectivity index (χ4v) is 4.03. The molecule has 0 aliphatic carbocycles. The van der Waals surface area contributed by atoms with E-state index in [1.54, 1.807) is 43.5 Å². The second kappa shape index (κ2) is 10.5. The summed E-state index contributed by atoms with van der Waals surface area (Å²) in [5.74, 6) is -0.654. The van der Waals surface area contributed by atoms with Crippen molar-refractivity contribution in [2.45, 2.75) is 31.3 Å². The van der Waals surface area contributed by atoms with Crippen LogP contribution in [0.4, 0.5) is 5.69 Å². The number of carbonyl (C=O) groups is 2. The standard InChI is InChI=1S/C23H23N3O5S/c1-2-8-22(27)26-32(29,30)21-13-4-3-12-20(21)25-23(28)17-9-7-11-19(15-17)31-16-18-10-5-6-14-24-18/h3-7,9-15H,2,8,16H2,1H3,(H,25,28)(H,26,27). The van der Waals surface area contributed by atoms with E-state index >= 15 is 0 Å². The largest absolute Gasteiger partial charge is 0.487 e. The van der Waals surface area contributed by atoms with Gasteiger partial charge in [0.2, 0.25) is 5.91 Å². The van der Waals surface area contributed by atoms with Crippen molar-refractivity contribution in [1.29, 1.82) is 0 Å². The Labute approximate surface area is 186 Å². The molecule has 1 aromatic heterocycles. The lowest BCUT2D eigenvalue weighted by Gasteiger charge is -2.13. The molecule has 3 rings (SSSR count).